The highest BCUT2D eigenvalue weighted by Crippen LogP contribution is 2.31. The predicted molar refractivity (Wildman–Crippen MR) is 89.6 cm³/mol. The lowest BCUT2D eigenvalue weighted by Gasteiger charge is -2.50. The van der Waals surface area contributed by atoms with Crippen LogP contribution < -0.4 is 0 Å². The molecule has 20 heavy (non-hydrogen) atoms. The first-order valence-electron chi connectivity index (χ1n) is 7.77. The van der Waals surface area contributed by atoms with Gasteiger partial charge in [0.15, 0.2) is 0 Å². The minimum Gasteiger partial charge on any atom is -0.420 e. The van der Waals surface area contributed by atoms with Crippen LogP contribution >= 0.6 is 0 Å². The molecule has 0 N–H and O–H groups in total. The third kappa shape index (κ3) is 3.90. The van der Waals surface area contributed by atoms with Gasteiger partial charge in [-0.15, -0.1) is 0 Å². The third-order valence-corrected chi connectivity index (χ3v) is 18.3. The van der Waals surface area contributed by atoms with Crippen LogP contribution in [0.4, 0.5) is 0 Å². The Labute approximate surface area is 129 Å². The van der Waals surface area contributed by atoms with Gasteiger partial charge in [-0.05, 0) is 52.9 Å². The molecule has 0 aromatic heterocycles. The van der Waals surface area contributed by atoms with Gasteiger partial charge >= 0.3 is 27.3 Å². The van der Waals surface area contributed by atoms with Crippen molar-refractivity contribution in [2.75, 3.05) is 0 Å². The van der Waals surface area contributed by atoms with Crippen molar-refractivity contribution >= 4 is 36.6 Å². The molecule has 0 bridgehead atoms. The molecule has 0 amide bonds. The van der Waals surface area contributed by atoms with Crippen molar-refractivity contribution in [3.63, 3.8) is 0 Å². The van der Waals surface area contributed by atoms with Gasteiger partial charge in [0.25, 0.3) is 9.28 Å². The van der Waals surface area contributed by atoms with Crippen molar-refractivity contribution < 1.29 is 16.5 Å². The zero-order chi connectivity index (χ0) is 14.9. The van der Waals surface area contributed by atoms with Gasteiger partial charge in [0.2, 0.25) is 0 Å². The highest BCUT2D eigenvalue weighted by Gasteiger charge is 2.49. The fourth-order valence-corrected chi connectivity index (χ4v) is 18.7. The number of hydrogen-bond donors (Lipinski definition) is 0. The molecular weight excluding hydrogens is 322 g/mol. The highest BCUT2D eigenvalue weighted by atomic mass is 28.5. The fourth-order valence-electron chi connectivity index (χ4n) is 3.61. The average Bonchev–Trinajstić information content (AvgIpc) is 2.25. The number of nitrogens with zero attached hydrogens (tertiary/aromatic N) is 1. The second-order valence-electron chi connectivity index (χ2n) is 6.14. The predicted octanol–water partition coefficient (Wildman–Crippen LogP) is 1.45. The van der Waals surface area contributed by atoms with Crippen LogP contribution in [0.15, 0.2) is 0 Å². The first kappa shape index (κ1) is 17.0. The van der Waals surface area contributed by atoms with Crippen LogP contribution in [0.1, 0.15) is 33.1 Å². The molecule has 5 nitrogen and oxygen atoms in total. The Morgan fingerprint density at radius 3 is 1.80 bits per heavy atom. The summed E-state index contributed by atoms with van der Waals surface area (Å²) in [6.45, 7) is 13.1. The third-order valence-electron chi connectivity index (χ3n) is 4.20. The molecule has 2 fully saturated rings. The zero-order valence-corrected chi connectivity index (χ0v) is 18.1. The van der Waals surface area contributed by atoms with Crippen molar-refractivity contribution in [1.82, 2.24) is 4.57 Å². The van der Waals surface area contributed by atoms with Crippen LogP contribution in [0.5, 0.6) is 0 Å². The summed E-state index contributed by atoms with van der Waals surface area (Å²) in [6, 6.07) is 1.07. The maximum atomic E-state index is 6.45. The molecule has 2 aliphatic rings. The van der Waals surface area contributed by atoms with E-state index in [0.717, 1.165) is 0 Å². The summed E-state index contributed by atoms with van der Waals surface area (Å²) < 4.78 is 27.5. The minimum absolute atomic E-state index is 0.534. The topological polar surface area (TPSA) is 40.2 Å². The van der Waals surface area contributed by atoms with E-state index in [-0.39, 0.29) is 0 Å². The largest absolute Gasteiger partial charge is 0.420 e. The molecule has 0 aromatic carbocycles. The summed E-state index contributed by atoms with van der Waals surface area (Å²) in [5.41, 5.74) is 0. The Hall–Kier alpha value is 0.668. The van der Waals surface area contributed by atoms with Crippen molar-refractivity contribution in [2.45, 2.75) is 71.4 Å². The van der Waals surface area contributed by atoms with E-state index in [1.165, 1.54) is 19.3 Å². The number of piperidine rings is 1. The Morgan fingerprint density at radius 1 is 0.900 bits per heavy atom. The minimum atomic E-state index is -2.37. The van der Waals surface area contributed by atoms with Crippen LogP contribution in [0.25, 0.3) is 0 Å². The lowest BCUT2D eigenvalue weighted by atomic mass is 10.0. The van der Waals surface area contributed by atoms with Crippen LogP contribution in [-0.4, -0.2) is 53.2 Å². The highest BCUT2D eigenvalue weighted by molar-refractivity contribution is 6.79. The van der Waals surface area contributed by atoms with Gasteiger partial charge in [-0.3, -0.25) is 4.57 Å². The number of hydrogen-bond acceptors (Lipinski definition) is 5. The van der Waals surface area contributed by atoms with Crippen molar-refractivity contribution in [1.29, 1.82) is 0 Å². The van der Waals surface area contributed by atoms with Crippen LogP contribution in [0.2, 0.25) is 26.2 Å². The van der Waals surface area contributed by atoms with E-state index in [9.17, 15) is 0 Å². The molecule has 118 valence electrons. The Bertz CT molecular complexity index is 314. The fraction of sp³-hybridized carbons (Fsp3) is 1.00. The van der Waals surface area contributed by atoms with E-state index in [4.69, 9.17) is 16.5 Å². The van der Waals surface area contributed by atoms with Gasteiger partial charge in [-0.1, -0.05) is 6.42 Å². The summed E-state index contributed by atoms with van der Waals surface area (Å²) in [5.74, 6) is 0. The molecular formula is C11H29NO4Si4. The molecule has 0 radical (unpaired) electrons. The molecule has 2 saturated heterocycles. The number of rotatable bonds is 1. The summed E-state index contributed by atoms with van der Waals surface area (Å²) in [7, 11) is -7.21. The van der Waals surface area contributed by atoms with Gasteiger partial charge in [0.05, 0.1) is 0 Å². The quantitative estimate of drug-likeness (QED) is 0.669. The van der Waals surface area contributed by atoms with E-state index in [1.807, 2.05) is 0 Å². The lowest BCUT2D eigenvalue weighted by molar-refractivity contribution is 0.120. The lowest BCUT2D eigenvalue weighted by Crippen LogP contribution is -2.68. The van der Waals surface area contributed by atoms with E-state index in [1.54, 1.807) is 0 Å². The van der Waals surface area contributed by atoms with Crippen molar-refractivity contribution in [2.24, 2.45) is 0 Å². The molecule has 9 heteroatoms. The summed E-state index contributed by atoms with van der Waals surface area (Å²) >= 11 is 0. The molecule has 0 aromatic rings. The van der Waals surface area contributed by atoms with Gasteiger partial charge in [0.1, 0.15) is 0 Å². The monoisotopic (exact) mass is 351 g/mol. The zero-order valence-electron chi connectivity index (χ0n) is 13.6. The van der Waals surface area contributed by atoms with Crippen molar-refractivity contribution in [3.05, 3.63) is 0 Å². The SMILES string of the molecule is CC1CCCC(C)N1[Si]1(C)O[SiH](C)O[SiH](C)O[SiH](C)O1. The molecule has 0 saturated carbocycles. The first-order valence-corrected chi connectivity index (χ1v) is 16.3. The second-order valence-corrected chi connectivity index (χ2v) is 15.9. The van der Waals surface area contributed by atoms with Crippen molar-refractivity contribution in [3.8, 4) is 0 Å². The molecule has 4 atom stereocenters. The van der Waals surface area contributed by atoms with Gasteiger partial charge in [0, 0.05) is 12.1 Å². The average molecular weight is 352 g/mol. The molecule has 2 aliphatic heterocycles. The van der Waals surface area contributed by atoms with E-state index < -0.39 is 36.6 Å². The molecule has 0 spiro atoms. The maximum Gasteiger partial charge on any atom is 0.406 e. The van der Waals surface area contributed by atoms with Gasteiger partial charge in [-0.2, -0.15) is 0 Å². The summed E-state index contributed by atoms with van der Waals surface area (Å²) in [6.07, 6.45) is 3.77. The Kier molecular flexibility index (Phi) is 5.82. The normalized spacial score (nSPS) is 48.6. The van der Waals surface area contributed by atoms with Gasteiger partial charge < -0.3 is 16.5 Å². The molecule has 4 unspecified atom stereocenters. The van der Waals surface area contributed by atoms with Crippen LogP contribution in [-0.2, 0) is 16.5 Å². The first-order chi connectivity index (χ1) is 9.32. The van der Waals surface area contributed by atoms with E-state index in [0.29, 0.717) is 12.1 Å². The maximum absolute atomic E-state index is 6.45. The summed E-state index contributed by atoms with van der Waals surface area (Å²) in [4.78, 5) is 0. The van der Waals surface area contributed by atoms with Crippen LogP contribution in [0, 0.1) is 0 Å². The second kappa shape index (κ2) is 6.83. The summed E-state index contributed by atoms with van der Waals surface area (Å²) in [5, 5.41) is 0. The smallest absolute Gasteiger partial charge is 0.406 e. The molecule has 2 rings (SSSR count). The van der Waals surface area contributed by atoms with E-state index in [2.05, 4.69) is 44.6 Å². The Balaban J connectivity index is 2.20. The standard InChI is InChI=1S/C11H29NO4Si4/c1-10-8-7-9-11(2)12(10)20(6)15-18(4)13-17(3)14-19(5)16-20/h10-11,17-19H,7-9H2,1-6H3. The molecule has 2 heterocycles. The van der Waals surface area contributed by atoms with Gasteiger partial charge in [-0.25, -0.2) is 0 Å². The van der Waals surface area contributed by atoms with Crippen LogP contribution in [0.3, 0.4) is 0 Å². The van der Waals surface area contributed by atoms with E-state index >= 15 is 0 Å². The Morgan fingerprint density at radius 2 is 1.35 bits per heavy atom. The molecule has 0 aliphatic carbocycles.